The van der Waals surface area contributed by atoms with E-state index in [-0.39, 0.29) is 11.4 Å². The molecule has 2 aromatic rings. The van der Waals surface area contributed by atoms with Crippen LogP contribution in [-0.2, 0) is 21.4 Å². The topological polar surface area (TPSA) is 46.5 Å². The molecule has 0 fully saturated rings. The highest BCUT2D eigenvalue weighted by molar-refractivity contribution is 5.74. The molecule has 0 atom stereocenters. The number of carbonyl (C=O) groups excluding carboxylic acids is 1. The second-order valence-electron chi connectivity index (χ2n) is 9.14. The first-order valence-corrected chi connectivity index (χ1v) is 11.4. The molecule has 3 heteroatoms. The van der Waals surface area contributed by atoms with E-state index in [1.54, 1.807) is 0 Å². The zero-order chi connectivity index (χ0) is 22.0. The van der Waals surface area contributed by atoms with Crippen LogP contribution in [0.4, 0.5) is 0 Å². The van der Waals surface area contributed by atoms with Gasteiger partial charge in [-0.05, 0) is 35.4 Å². The Balaban J connectivity index is 1.99. The molecule has 0 saturated carbocycles. The number of aromatic hydroxyl groups is 1. The van der Waals surface area contributed by atoms with Crippen molar-refractivity contribution in [1.29, 1.82) is 0 Å². The number of aryl methyl sites for hydroxylation is 1. The van der Waals surface area contributed by atoms with E-state index < -0.39 is 0 Å². The third-order valence-corrected chi connectivity index (χ3v) is 5.44. The van der Waals surface area contributed by atoms with Crippen molar-refractivity contribution in [1.82, 2.24) is 0 Å². The third kappa shape index (κ3) is 7.51. The van der Waals surface area contributed by atoms with Gasteiger partial charge in [0.1, 0.15) is 5.75 Å². The molecule has 0 saturated heterocycles. The van der Waals surface area contributed by atoms with Gasteiger partial charge in [0, 0.05) is 17.5 Å². The first kappa shape index (κ1) is 24.0. The summed E-state index contributed by atoms with van der Waals surface area (Å²) in [5.74, 6) is 0.179. The molecule has 164 valence electrons. The van der Waals surface area contributed by atoms with Gasteiger partial charge in [0.25, 0.3) is 0 Å². The molecule has 0 aliphatic heterocycles. The maximum Gasteiger partial charge on any atom is 0.306 e. The fourth-order valence-electron chi connectivity index (χ4n) is 3.64. The van der Waals surface area contributed by atoms with Crippen molar-refractivity contribution in [2.45, 2.75) is 84.5 Å². The number of phenolic OH excluding ortho intramolecular Hbond substituents is 1. The smallest absolute Gasteiger partial charge is 0.306 e. The summed E-state index contributed by atoms with van der Waals surface area (Å²) in [4.78, 5) is 12.2. The Hall–Kier alpha value is -2.29. The van der Waals surface area contributed by atoms with Crippen LogP contribution in [0.3, 0.4) is 0 Å². The number of hydrogen-bond donors (Lipinski definition) is 1. The van der Waals surface area contributed by atoms with Crippen molar-refractivity contribution in [2.24, 2.45) is 0 Å². The fourth-order valence-corrected chi connectivity index (χ4v) is 3.64. The van der Waals surface area contributed by atoms with E-state index in [0.29, 0.717) is 25.2 Å². The number of ether oxygens (including phenoxy) is 1. The van der Waals surface area contributed by atoms with Gasteiger partial charge in [0.05, 0.1) is 6.61 Å². The van der Waals surface area contributed by atoms with Gasteiger partial charge >= 0.3 is 5.97 Å². The molecule has 2 rings (SSSR count). The maximum absolute atomic E-state index is 12.2. The largest absolute Gasteiger partial charge is 0.507 e. The predicted octanol–water partition coefficient (Wildman–Crippen LogP) is 7.19. The molecular weight excluding hydrogens is 372 g/mol. The summed E-state index contributed by atoms with van der Waals surface area (Å²) in [6.07, 6.45) is 8.06. The SMILES string of the molecule is CCCCCCCCOC(=O)CCc1cc(-c2ccccc2)c(O)c(C(C)(C)C)c1. The summed E-state index contributed by atoms with van der Waals surface area (Å²) in [5, 5.41) is 10.9. The molecule has 30 heavy (non-hydrogen) atoms. The quantitative estimate of drug-likeness (QED) is 0.315. The summed E-state index contributed by atoms with van der Waals surface area (Å²) in [6.45, 7) is 9.01. The molecule has 0 radical (unpaired) electrons. The molecule has 2 aromatic carbocycles. The summed E-state index contributed by atoms with van der Waals surface area (Å²) in [6, 6.07) is 13.9. The van der Waals surface area contributed by atoms with Gasteiger partial charge in [0.15, 0.2) is 0 Å². The Kier molecular flexibility index (Phi) is 9.42. The van der Waals surface area contributed by atoms with Crippen LogP contribution < -0.4 is 0 Å². The summed E-state index contributed by atoms with van der Waals surface area (Å²) in [5.41, 5.74) is 3.56. The summed E-state index contributed by atoms with van der Waals surface area (Å²) < 4.78 is 5.42. The number of hydrogen-bond acceptors (Lipinski definition) is 3. The van der Waals surface area contributed by atoms with Crippen molar-refractivity contribution in [3.63, 3.8) is 0 Å². The normalized spacial score (nSPS) is 11.5. The Morgan fingerprint density at radius 2 is 1.63 bits per heavy atom. The minimum Gasteiger partial charge on any atom is -0.507 e. The van der Waals surface area contributed by atoms with E-state index in [0.717, 1.165) is 35.1 Å². The van der Waals surface area contributed by atoms with Crippen molar-refractivity contribution < 1.29 is 14.6 Å². The molecule has 0 aromatic heterocycles. The van der Waals surface area contributed by atoms with E-state index in [9.17, 15) is 9.90 Å². The second kappa shape index (κ2) is 11.8. The van der Waals surface area contributed by atoms with Gasteiger partial charge < -0.3 is 9.84 Å². The van der Waals surface area contributed by atoms with E-state index >= 15 is 0 Å². The average Bonchev–Trinajstić information content (AvgIpc) is 2.72. The zero-order valence-corrected chi connectivity index (χ0v) is 19.2. The average molecular weight is 411 g/mol. The molecule has 0 unspecified atom stereocenters. The van der Waals surface area contributed by atoms with Crippen LogP contribution in [0.15, 0.2) is 42.5 Å². The van der Waals surface area contributed by atoms with Crippen LogP contribution >= 0.6 is 0 Å². The van der Waals surface area contributed by atoms with Crippen molar-refractivity contribution in [3.05, 3.63) is 53.6 Å². The van der Waals surface area contributed by atoms with Crippen LogP contribution in [0.5, 0.6) is 5.75 Å². The number of esters is 1. The van der Waals surface area contributed by atoms with Crippen LogP contribution in [0.25, 0.3) is 11.1 Å². The maximum atomic E-state index is 12.2. The molecule has 3 nitrogen and oxygen atoms in total. The number of carbonyl (C=O) groups is 1. The van der Waals surface area contributed by atoms with Gasteiger partial charge in [-0.2, -0.15) is 0 Å². The lowest BCUT2D eigenvalue weighted by atomic mass is 9.82. The molecular formula is C27H38O3. The van der Waals surface area contributed by atoms with Gasteiger partial charge in [-0.3, -0.25) is 4.79 Å². The first-order chi connectivity index (χ1) is 14.3. The van der Waals surface area contributed by atoms with Gasteiger partial charge in [-0.15, -0.1) is 0 Å². The molecule has 0 bridgehead atoms. The van der Waals surface area contributed by atoms with E-state index in [1.807, 2.05) is 42.5 Å². The van der Waals surface area contributed by atoms with Gasteiger partial charge in [-0.1, -0.05) is 96.2 Å². The van der Waals surface area contributed by atoms with Crippen LogP contribution in [-0.4, -0.2) is 17.7 Å². The third-order valence-electron chi connectivity index (χ3n) is 5.44. The molecule has 0 spiro atoms. The van der Waals surface area contributed by atoms with Crippen molar-refractivity contribution in [2.75, 3.05) is 6.61 Å². The minimum atomic E-state index is -0.193. The number of unbranched alkanes of at least 4 members (excludes halogenated alkanes) is 5. The van der Waals surface area contributed by atoms with Crippen molar-refractivity contribution in [3.8, 4) is 16.9 Å². The monoisotopic (exact) mass is 410 g/mol. The zero-order valence-electron chi connectivity index (χ0n) is 19.2. The standard InChI is InChI=1S/C27H38O3/c1-5-6-7-8-9-13-18-30-25(28)17-16-21-19-23(22-14-11-10-12-15-22)26(29)24(20-21)27(2,3)4/h10-12,14-15,19-20,29H,5-9,13,16-18H2,1-4H3. The van der Waals surface area contributed by atoms with E-state index in [4.69, 9.17) is 4.74 Å². The first-order valence-electron chi connectivity index (χ1n) is 11.4. The molecule has 1 N–H and O–H groups in total. The number of phenols is 1. The lowest BCUT2D eigenvalue weighted by molar-refractivity contribution is -0.143. The molecule has 0 aliphatic carbocycles. The minimum absolute atomic E-state index is 0.143. The number of rotatable bonds is 11. The van der Waals surface area contributed by atoms with Crippen LogP contribution in [0.1, 0.15) is 83.8 Å². The van der Waals surface area contributed by atoms with E-state index in [2.05, 4.69) is 27.7 Å². The van der Waals surface area contributed by atoms with E-state index in [1.165, 1.54) is 25.7 Å². The highest BCUT2D eigenvalue weighted by Crippen LogP contribution is 2.39. The van der Waals surface area contributed by atoms with Crippen LogP contribution in [0.2, 0.25) is 0 Å². The predicted molar refractivity (Wildman–Crippen MR) is 125 cm³/mol. The Morgan fingerprint density at radius 1 is 0.967 bits per heavy atom. The molecule has 0 amide bonds. The number of benzene rings is 2. The fraction of sp³-hybridized carbons (Fsp3) is 0.519. The highest BCUT2D eigenvalue weighted by Gasteiger charge is 2.22. The van der Waals surface area contributed by atoms with Gasteiger partial charge in [-0.25, -0.2) is 0 Å². The molecule has 0 aliphatic rings. The van der Waals surface area contributed by atoms with Crippen LogP contribution in [0, 0.1) is 0 Å². The lowest BCUT2D eigenvalue weighted by Gasteiger charge is -2.23. The highest BCUT2D eigenvalue weighted by atomic mass is 16.5. The summed E-state index contributed by atoms with van der Waals surface area (Å²) >= 11 is 0. The second-order valence-corrected chi connectivity index (χ2v) is 9.14. The van der Waals surface area contributed by atoms with Crippen molar-refractivity contribution >= 4 is 5.97 Å². The molecule has 0 heterocycles. The Morgan fingerprint density at radius 3 is 2.30 bits per heavy atom. The summed E-state index contributed by atoms with van der Waals surface area (Å²) in [7, 11) is 0. The lowest BCUT2D eigenvalue weighted by Crippen LogP contribution is -2.13. The Labute approximate surface area is 182 Å². The van der Waals surface area contributed by atoms with Gasteiger partial charge in [0.2, 0.25) is 0 Å². The Bertz CT molecular complexity index is 788.